The van der Waals surface area contributed by atoms with Gasteiger partial charge in [0.15, 0.2) is 0 Å². The summed E-state index contributed by atoms with van der Waals surface area (Å²) in [6.07, 6.45) is 1.24. The van der Waals surface area contributed by atoms with Gasteiger partial charge in [-0.15, -0.1) is 0 Å². The molecule has 0 spiro atoms. The van der Waals surface area contributed by atoms with Gasteiger partial charge in [-0.1, -0.05) is 30.3 Å². The van der Waals surface area contributed by atoms with Crippen molar-refractivity contribution >= 4 is 46.8 Å². The van der Waals surface area contributed by atoms with Crippen LogP contribution in [0.1, 0.15) is 5.56 Å². The Balaban J connectivity index is 3.14. The molecule has 0 aromatic heterocycles. The second-order valence-electron chi connectivity index (χ2n) is 2.50. The summed E-state index contributed by atoms with van der Waals surface area (Å²) >= 11 is 5.58. The lowest BCUT2D eigenvalue weighted by molar-refractivity contribution is -0.107. The Labute approximate surface area is 98.3 Å². The standard InChI is InChI=1S/C10H6Br2O2/c11-9(13)6-8(10(12)14)7-4-2-1-3-5-7/h1-6H/b8-6-. The Hall–Kier alpha value is -0.740. The van der Waals surface area contributed by atoms with Gasteiger partial charge in [0.1, 0.15) is 0 Å². The fraction of sp³-hybridized carbons (Fsp3) is 0. The highest BCUT2D eigenvalue weighted by molar-refractivity contribution is 9.19. The van der Waals surface area contributed by atoms with Crippen LogP contribution in [0.4, 0.5) is 0 Å². The first-order valence-corrected chi connectivity index (χ1v) is 5.36. The molecule has 0 aliphatic heterocycles. The van der Waals surface area contributed by atoms with Crippen LogP contribution in [0.3, 0.4) is 0 Å². The molecular formula is C10H6Br2O2. The van der Waals surface area contributed by atoms with E-state index in [1.165, 1.54) is 6.08 Å². The van der Waals surface area contributed by atoms with E-state index in [0.29, 0.717) is 11.1 Å². The third kappa shape index (κ3) is 3.20. The van der Waals surface area contributed by atoms with Gasteiger partial charge in [0.05, 0.1) is 0 Å². The molecule has 0 fully saturated rings. The number of carbonyl (C=O) groups excluding carboxylic acids is 2. The van der Waals surface area contributed by atoms with Crippen molar-refractivity contribution in [2.24, 2.45) is 0 Å². The van der Waals surface area contributed by atoms with E-state index in [1.54, 1.807) is 24.3 Å². The van der Waals surface area contributed by atoms with Gasteiger partial charge in [0.25, 0.3) is 0 Å². The molecule has 0 atom stereocenters. The second-order valence-corrected chi connectivity index (χ2v) is 4.00. The van der Waals surface area contributed by atoms with E-state index in [0.717, 1.165) is 0 Å². The number of allylic oxidation sites excluding steroid dienone is 2. The van der Waals surface area contributed by atoms with E-state index in [1.807, 2.05) is 6.07 Å². The number of carbonyl (C=O) groups is 2. The topological polar surface area (TPSA) is 34.1 Å². The van der Waals surface area contributed by atoms with Crippen molar-refractivity contribution in [2.75, 3.05) is 0 Å². The summed E-state index contributed by atoms with van der Waals surface area (Å²) in [6, 6.07) is 8.98. The highest BCUT2D eigenvalue weighted by atomic mass is 79.9. The van der Waals surface area contributed by atoms with Crippen molar-refractivity contribution in [2.45, 2.75) is 0 Å². The smallest absolute Gasteiger partial charge is 0.228 e. The predicted octanol–water partition coefficient (Wildman–Crippen LogP) is 2.91. The van der Waals surface area contributed by atoms with E-state index in [9.17, 15) is 9.59 Å². The first kappa shape index (κ1) is 11.3. The van der Waals surface area contributed by atoms with Crippen LogP contribution in [-0.2, 0) is 9.59 Å². The molecule has 0 N–H and O–H groups in total. The number of benzene rings is 1. The average molecular weight is 318 g/mol. The van der Waals surface area contributed by atoms with Gasteiger partial charge in [-0.05, 0) is 37.4 Å². The molecule has 1 aromatic carbocycles. The van der Waals surface area contributed by atoms with Gasteiger partial charge in [0, 0.05) is 11.6 Å². The molecule has 2 nitrogen and oxygen atoms in total. The Bertz CT molecular complexity index is 382. The first-order valence-electron chi connectivity index (χ1n) is 3.77. The van der Waals surface area contributed by atoms with Crippen LogP contribution >= 0.6 is 31.9 Å². The van der Waals surface area contributed by atoms with Crippen molar-refractivity contribution in [3.8, 4) is 0 Å². The number of hydrogen-bond donors (Lipinski definition) is 0. The van der Waals surface area contributed by atoms with Gasteiger partial charge in [-0.3, -0.25) is 9.59 Å². The van der Waals surface area contributed by atoms with E-state index in [4.69, 9.17) is 0 Å². The molecule has 0 heterocycles. The van der Waals surface area contributed by atoms with Crippen LogP contribution in [0.15, 0.2) is 36.4 Å². The lowest BCUT2D eigenvalue weighted by Gasteiger charge is -2.00. The summed E-state index contributed by atoms with van der Waals surface area (Å²) in [5, 5.41) is 0. The summed E-state index contributed by atoms with van der Waals surface area (Å²) in [7, 11) is 0. The molecule has 0 radical (unpaired) electrons. The minimum atomic E-state index is -0.329. The summed E-state index contributed by atoms with van der Waals surface area (Å²) in [6.45, 7) is 0. The molecule has 72 valence electrons. The second kappa shape index (κ2) is 5.22. The van der Waals surface area contributed by atoms with E-state index in [-0.39, 0.29) is 9.39 Å². The molecule has 1 rings (SSSR count). The van der Waals surface area contributed by atoms with E-state index in [2.05, 4.69) is 31.9 Å². The van der Waals surface area contributed by atoms with Crippen LogP contribution in [0.25, 0.3) is 5.57 Å². The lowest BCUT2D eigenvalue weighted by Crippen LogP contribution is -1.94. The van der Waals surface area contributed by atoms with E-state index >= 15 is 0 Å². The Morgan fingerprint density at radius 2 is 1.64 bits per heavy atom. The molecule has 0 bridgehead atoms. The molecule has 4 heteroatoms. The fourth-order valence-corrected chi connectivity index (χ4v) is 1.56. The zero-order valence-corrected chi connectivity index (χ0v) is 10.2. The van der Waals surface area contributed by atoms with Gasteiger partial charge in [0.2, 0.25) is 9.39 Å². The monoisotopic (exact) mass is 316 g/mol. The van der Waals surface area contributed by atoms with Crippen LogP contribution in [0.5, 0.6) is 0 Å². The lowest BCUT2D eigenvalue weighted by atomic mass is 10.1. The van der Waals surface area contributed by atoms with Crippen molar-refractivity contribution in [1.82, 2.24) is 0 Å². The summed E-state index contributed by atoms with van der Waals surface area (Å²) in [5.41, 5.74) is 1.05. The van der Waals surface area contributed by atoms with E-state index < -0.39 is 0 Å². The van der Waals surface area contributed by atoms with Gasteiger partial charge < -0.3 is 0 Å². The minimum absolute atomic E-state index is 0.309. The average Bonchev–Trinajstić information content (AvgIpc) is 2.15. The summed E-state index contributed by atoms with van der Waals surface area (Å²) in [4.78, 5) is 22.0. The van der Waals surface area contributed by atoms with Crippen LogP contribution in [-0.4, -0.2) is 9.39 Å². The molecule has 0 aliphatic carbocycles. The van der Waals surface area contributed by atoms with Crippen LogP contribution in [0, 0.1) is 0 Å². The SMILES string of the molecule is O=C(Br)/C=C(\C(=O)Br)c1ccccc1. The Morgan fingerprint density at radius 1 is 1.07 bits per heavy atom. The van der Waals surface area contributed by atoms with Gasteiger partial charge in [-0.25, -0.2) is 0 Å². The highest BCUT2D eigenvalue weighted by Gasteiger charge is 2.09. The number of hydrogen-bond acceptors (Lipinski definition) is 2. The largest absolute Gasteiger partial charge is 0.282 e. The molecular weight excluding hydrogens is 312 g/mol. The Kier molecular flexibility index (Phi) is 4.22. The third-order valence-corrected chi connectivity index (χ3v) is 2.21. The maximum Gasteiger partial charge on any atom is 0.228 e. The van der Waals surface area contributed by atoms with Gasteiger partial charge in [-0.2, -0.15) is 0 Å². The maximum atomic E-state index is 11.2. The molecule has 0 saturated heterocycles. The highest BCUT2D eigenvalue weighted by Crippen LogP contribution is 2.18. The van der Waals surface area contributed by atoms with Crippen molar-refractivity contribution in [1.29, 1.82) is 0 Å². The van der Waals surface area contributed by atoms with Crippen molar-refractivity contribution in [3.05, 3.63) is 42.0 Å². The quantitative estimate of drug-likeness (QED) is 0.634. The molecule has 0 unspecified atom stereocenters. The molecule has 0 saturated carbocycles. The minimum Gasteiger partial charge on any atom is -0.282 e. The molecule has 14 heavy (non-hydrogen) atoms. The van der Waals surface area contributed by atoms with Crippen LogP contribution in [0.2, 0.25) is 0 Å². The van der Waals surface area contributed by atoms with Crippen molar-refractivity contribution < 1.29 is 9.59 Å². The molecule has 0 aliphatic rings. The Morgan fingerprint density at radius 3 is 2.07 bits per heavy atom. The first-order chi connectivity index (χ1) is 6.61. The fourth-order valence-electron chi connectivity index (χ4n) is 0.985. The van der Waals surface area contributed by atoms with Crippen LogP contribution < -0.4 is 0 Å². The van der Waals surface area contributed by atoms with Gasteiger partial charge >= 0.3 is 0 Å². The van der Waals surface area contributed by atoms with Crippen molar-refractivity contribution in [3.63, 3.8) is 0 Å². The predicted molar refractivity (Wildman–Crippen MR) is 62.3 cm³/mol. The molecule has 1 aromatic rings. The number of halogens is 2. The number of rotatable bonds is 3. The normalized spacial score (nSPS) is 11.1. The zero-order valence-electron chi connectivity index (χ0n) is 7.04. The zero-order chi connectivity index (χ0) is 10.6. The summed E-state index contributed by atoms with van der Waals surface area (Å²) in [5.74, 6) is 0. The third-order valence-electron chi connectivity index (χ3n) is 1.55. The maximum absolute atomic E-state index is 11.2. The molecule has 0 amide bonds. The summed E-state index contributed by atoms with van der Waals surface area (Å²) < 4.78 is -0.638.